The van der Waals surface area contributed by atoms with Gasteiger partial charge >= 0.3 is 5.97 Å². The maximum Gasteiger partial charge on any atom is 0.328 e. The molecule has 1 aliphatic heterocycles. The molecule has 1 amide bonds. The number of hydrogen-bond donors (Lipinski definition) is 1. The van der Waals surface area contributed by atoms with Crippen LogP contribution < -0.4 is 9.47 Å². The first kappa shape index (κ1) is 14.9. The van der Waals surface area contributed by atoms with E-state index in [4.69, 9.17) is 14.6 Å². The number of carbonyl (C=O) groups excluding carboxylic acids is 1. The Kier molecular flexibility index (Phi) is 4.81. The van der Waals surface area contributed by atoms with Gasteiger partial charge in [0.2, 0.25) is 5.91 Å². The molecule has 0 saturated carbocycles. The van der Waals surface area contributed by atoms with E-state index in [0.29, 0.717) is 31.2 Å². The number of hydrogen-bond acceptors (Lipinski definition) is 4. The number of nitrogens with zero attached hydrogens (tertiary/aromatic N) is 1. The zero-order valence-electron chi connectivity index (χ0n) is 11.7. The van der Waals surface area contributed by atoms with Crippen LogP contribution in [-0.2, 0) is 9.59 Å². The van der Waals surface area contributed by atoms with Crippen molar-refractivity contribution in [2.45, 2.75) is 13.0 Å². The minimum Gasteiger partial charge on any atom is -0.486 e. The Morgan fingerprint density at radius 2 is 2.05 bits per heavy atom. The van der Waals surface area contributed by atoms with Gasteiger partial charge in [0.1, 0.15) is 6.61 Å². The highest BCUT2D eigenvalue weighted by molar-refractivity contribution is 5.93. The lowest BCUT2D eigenvalue weighted by molar-refractivity contribution is -0.132. The SMILES string of the molecule is CCN(CC1COc2ccccc2O1)C(=O)/C=C/C(=O)O. The number of fused-ring (bicyclic) bond motifs is 1. The number of para-hydroxylation sites is 2. The molecule has 112 valence electrons. The first-order valence-corrected chi connectivity index (χ1v) is 6.68. The van der Waals surface area contributed by atoms with Crippen LogP contribution in [0.4, 0.5) is 0 Å². The van der Waals surface area contributed by atoms with E-state index >= 15 is 0 Å². The zero-order valence-corrected chi connectivity index (χ0v) is 11.7. The van der Waals surface area contributed by atoms with Crippen LogP contribution in [0.25, 0.3) is 0 Å². The number of amides is 1. The van der Waals surface area contributed by atoms with Crippen molar-refractivity contribution in [3.05, 3.63) is 36.4 Å². The summed E-state index contributed by atoms with van der Waals surface area (Å²) < 4.78 is 11.4. The first-order chi connectivity index (χ1) is 10.1. The van der Waals surface area contributed by atoms with Gasteiger partial charge in [0, 0.05) is 18.7 Å². The van der Waals surface area contributed by atoms with Crippen LogP contribution in [0, 0.1) is 0 Å². The summed E-state index contributed by atoms with van der Waals surface area (Å²) in [4.78, 5) is 23.8. The number of carboxylic acid groups (broad SMARTS) is 1. The molecule has 1 heterocycles. The third-order valence-corrected chi connectivity index (χ3v) is 3.05. The Morgan fingerprint density at radius 3 is 2.71 bits per heavy atom. The van der Waals surface area contributed by atoms with E-state index in [-0.39, 0.29) is 12.0 Å². The van der Waals surface area contributed by atoms with Gasteiger partial charge in [-0.2, -0.15) is 0 Å². The summed E-state index contributed by atoms with van der Waals surface area (Å²) in [7, 11) is 0. The van der Waals surface area contributed by atoms with Gasteiger partial charge in [-0.25, -0.2) is 4.79 Å². The second-order valence-corrected chi connectivity index (χ2v) is 4.55. The molecule has 1 unspecified atom stereocenters. The normalized spacial score (nSPS) is 16.7. The lowest BCUT2D eigenvalue weighted by Gasteiger charge is -2.30. The van der Waals surface area contributed by atoms with Crippen molar-refractivity contribution in [3.8, 4) is 11.5 Å². The monoisotopic (exact) mass is 291 g/mol. The largest absolute Gasteiger partial charge is 0.486 e. The summed E-state index contributed by atoms with van der Waals surface area (Å²) in [6.07, 6.45) is 1.60. The summed E-state index contributed by atoms with van der Waals surface area (Å²) >= 11 is 0. The fourth-order valence-electron chi connectivity index (χ4n) is 2.02. The molecular weight excluding hydrogens is 274 g/mol. The number of likely N-dealkylation sites (N-methyl/N-ethyl adjacent to an activating group) is 1. The predicted molar refractivity (Wildman–Crippen MR) is 75.4 cm³/mol. The Balaban J connectivity index is 1.97. The Morgan fingerprint density at radius 1 is 1.33 bits per heavy atom. The van der Waals surface area contributed by atoms with E-state index in [9.17, 15) is 9.59 Å². The van der Waals surface area contributed by atoms with Crippen LogP contribution in [0.15, 0.2) is 36.4 Å². The molecule has 1 aromatic rings. The van der Waals surface area contributed by atoms with Crippen LogP contribution in [0.5, 0.6) is 11.5 Å². The van der Waals surface area contributed by atoms with Gasteiger partial charge in [-0.1, -0.05) is 12.1 Å². The molecule has 6 nitrogen and oxygen atoms in total. The second-order valence-electron chi connectivity index (χ2n) is 4.55. The highest BCUT2D eigenvalue weighted by Gasteiger charge is 2.24. The number of carbonyl (C=O) groups is 2. The summed E-state index contributed by atoms with van der Waals surface area (Å²) in [6.45, 7) is 2.98. The van der Waals surface area contributed by atoms with Crippen molar-refractivity contribution in [2.75, 3.05) is 19.7 Å². The van der Waals surface area contributed by atoms with E-state index in [1.807, 2.05) is 31.2 Å². The Hall–Kier alpha value is -2.50. The number of aliphatic carboxylic acids is 1. The highest BCUT2D eigenvalue weighted by atomic mass is 16.6. The van der Waals surface area contributed by atoms with Crippen LogP contribution in [0.1, 0.15) is 6.92 Å². The van der Waals surface area contributed by atoms with Gasteiger partial charge < -0.3 is 19.5 Å². The lowest BCUT2D eigenvalue weighted by atomic mass is 10.2. The molecule has 0 fully saturated rings. The molecule has 1 aliphatic rings. The van der Waals surface area contributed by atoms with Crippen molar-refractivity contribution in [3.63, 3.8) is 0 Å². The number of rotatable bonds is 5. The minimum atomic E-state index is -1.15. The molecule has 0 radical (unpaired) electrons. The van der Waals surface area contributed by atoms with Crippen molar-refractivity contribution >= 4 is 11.9 Å². The van der Waals surface area contributed by atoms with E-state index in [0.717, 1.165) is 12.2 Å². The quantitative estimate of drug-likeness (QED) is 0.828. The molecule has 1 aromatic carbocycles. The third-order valence-electron chi connectivity index (χ3n) is 3.05. The second kappa shape index (κ2) is 6.78. The van der Waals surface area contributed by atoms with Crippen molar-refractivity contribution in [1.82, 2.24) is 4.90 Å². The van der Waals surface area contributed by atoms with Crippen molar-refractivity contribution < 1.29 is 24.2 Å². The lowest BCUT2D eigenvalue weighted by Crippen LogP contribution is -2.43. The van der Waals surface area contributed by atoms with Crippen molar-refractivity contribution in [2.24, 2.45) is 0 Å². The molecule has 0 aromatic heterocycles. The zero-order chi connectivity index (χ0) is 15.2. The molecule has 1 N–H and O–H groups in total. The first-order valence-electron chi connectivity index (χ1n) is 6.68. The maximum absolute atomic E-state index is 11.9. The Bertz CT molecular complexity index is 555. The van der Waals surface area contributed by atoms with Gasteiger partial charge in [0.25, 0.3) is 0 Å². The van der Waals surface area contributed by atoms with Crippen molar-refractivity contribution in [1.29, 1.82) is 0 Å². The average Bonchev–Trinajstić information content (AvgIpc) is 2.50. The smallest absolute Gasteiger partial charge is 0.328 e. The molecular formula is C15H17NO5. The van der Waals surface area contributed by atoms with Crippen LogP contribution in [0.3, 0.4) is 0 Å². The highest BCUT2D eigenvalue weighted by Crippen LogP contribution is 2.30. The van der Waals surface area contributed by atoms with Gasteiger partial charge in [-0.3, -0.25) is 4.79 Å². The number of benzene rings is 1. The van der Waals surface area contributed by atoms with Gasteiger partial charge in [-0.15, -0.1) is 0 Å². The predicted octanol–water partition coefficient (Wildman–Crippen LogP) is 1.32. The Labute approximate surface area is 122 Å². The minimum absolute atomic E-state index is 0.276. The van der Waals surface area contributed by atoms with Gasteiger partial charge in [0.15, 0.2) is 17.6 Å². The van der Waals surface area contributed by atoms with E-state index in [2.05, 4.69) is 0 Å². The molecule has 0 aliphatic carbocycles. The fourth-order valence-corrected chi connectivity index (χ4v) is 2.02. The number of ether oxygens (including phenoxy) is 2. The van der Waals surface area contributed by atoms with E-state index < -0.39 is 5.97 Å². The summed E-state index contributed by atoms with van der Waals surface area (Å²) in [5.41, 5.74) is 0. The molecule has 21 heavy (non-hydrogen) atoms. The molecule has 0 spiro atoms. The number of carboxylic acids is 1. The van der Waals surface area contributed by atoms with Crippen LogP contribution in [0.2, 0.25) is 0 Å². The molecule has 0 bridgehead atoms. The summed E-state index contributed by atoms with van der Waals surface area (Å²) in [5.74, 6) is -0.167. The standard InChI is InChI=1S/C15H17NO5/c1-2-16(14(17)7-8-15(18)19)9-11-10-20-12-5-3-4-6-13(12)21-11/h3-8,11H,2,9-10H2,1H3,(H,18,19)/b8-7+. The van der Waals surface area contributed by atoms with Crippen LogP contribution in [-0.4, -0.2) is 47.7 Å². The fraction of sp³-hybridized carbons (Fsp3) is 0.333. The summed E-state index contributed by atoms with van der Waals surface area (Å²) in [5, 5.41) is 8.55. The van der Waals surface area contributed by atoms with E-state index in [1.165, 1.54) is 4.90 Å². The molecule has 2 rings (SSSR count). The third kappa shape index (κ3) is 3.98. The van der Waals surface area contributed by atoms with E-state index in [1.54, 1.807) is 0 Å². The van der Waals surface area contributed by atoms with Crippen LogP contribution >= 0.6 is 0 Å². The molecule has 1 atom stereocenters. The topological polar surface area (TPSA) is 76.1 Å². The van der Waals surface area contributed by atoms with Gasteiger partial charge in [-0.05, 0) is 19.1 Å². The van der Waals surface area contributed by atoms with Gasteiger partial charge in [0.05, 0.1) is 6.54 Å². The summed E-state index contributed by atoms with van der Waals surface area (Å²) in [6, 6.07) is 7.35. The maximum atomic E-state index is 11.9. The molecule has 0 saturated heterocycles. The molecule has 6 heteroatoms. The average molecular weight is 291 g/mol.